The number of halogens is 3. The average Bonchev–Trinajstić information content (AvgIpc) is 2.28. The molecule has 1 rings (SSSR count). The number of aliphatic carboxylic acids is 1. The SMILES string of the molecule is O=C(O)CCCNC(=O)c1cc(F)c(F)cc1F. The summed E-state index contributed by atoms with van der Waals surface area (Å²) in [5, 5.41) is 10.6. The van der Waals surface area contributed by atoms with Gasteiger partial charge < -0.3 is 10.4 Å². The molecule has 0 saturated carbocycles. The number of carboxylic acid groups (broad SMARTS) is 1. The first-order valence-corrected chi connectivity index (χ1v) is 5.06. The van der Waals surface area contributed by atoms with Gasteiger partial charge in [0.05, 0.1) is 5.56 Å². The number of rotatable bonds is 5. The van der Waals surface area contributed by atoms with Crippen molar-refractivity contribution in [2.24, 2.45) is 0 Å². The van der Waals surface area contributed by atoms with Crippen LogP contribution in [0.1, 0.15) is 23.2 Å². The molecule has 1 aromatic carbocycles. The van der Waals surface area contributed by atoms with Gasteiger partial charge in [-0.2, -0.15) is 0 Å². The Morgan fingerprint density at radius 3 is 2.33 bits per heavy atom. The summed E-state index contributed by atoms with van der Waals surface area (Å²) in [6.07, 6.45) is 0.00686. The Morgan fingerprint density at radius 2 is 1.72 bits per heavy atom. The molecule has 2 N–H and O–H groups in total. The lowest BCUT2D eigenvalue weighted by Gasteiger charge is -2.05. The van der Waals surface area contributed by atoms with Crippen LogP contribution in [0.4, 0.5) is 13.2 Å². The van der Waals surface area contributed by atoms with E-state index in [1.54, 1.807) is 0 Å². The number of carboxylic acids is 1. The van der Waals surface area contributed by atoms with Crippen LogP contribution < -0.4 is 5.32 Å². The predicted molar refractivity (Wildman–Crippen MR) is 55.5 cm³/mol. The largest absolute Gasteiger partial charge is 0.481 e. The van der Waals surface area contributed by atoms with Gasteiger partial charge in [-0.1, -0.05) is 0 Å². The zero-order valence-corrected chi connectivity index (χ0v) is 9.17. The molecule has 0 fully saturated rings. The minimum Gasteiger partial charge on any atom is -0.481 e. The maximum absolute atomic E-state index is 13.2. The van der Waals surface area contributed by atoms with Crippen molar-refractivity contribution < 1.29 is 27.9 Å². The monoisotopic (exact) mass is 261 g/mol. The molecule has 0 aromatic heterocycles. The predicted octanol–water partition coefficient (Wildman–Crippen LogP) is 1.70. The Hall–Kier alpha value is -2.05. The molecular weight excluding hydrogens is 251 g/mol. The Kier molecular flexibility index (Phi) is 4.70. The molecule has 4 nitrogen and oxygen atoms in total. The fourth-order valence-corrected chi connectivity index (χ4v) is 1.23. The first-order valence-electron chi connectivity index (χ1n) is 5.06. The molecule has 0 aliphatic rings. The summed E-state index contributed by atoms with van der Waals surface area (Å²) in [5.41, 5.74) is -0.621. The minimum absolute atomic E-state index is 0.00354. The topological polar surface area (TPSA) is 66.4 Å². The van der Waals surface area contributed by atoms with Gasteiger partial charge in [-0.05, 0) is 12.5 Å². The smallest absolute Gasteiger partial charge is 0.303 e. The second kappa shape index (κ2) is 6.04. The van der Waals surface area contributed by atoms with Crippen molar-refractivity contribution in [1.82, 2.24) is 5.32 Å². The normalized spacial score (nSPS) is 10.2. The molecule has 7 heteroatoms. The van der Waals surface area contributed by atoms with Crippen molar-refractivity contribution >= 4 is 11.9 Å². The van der Waals surface area contributed by atoms with E-state index in [2.05, 4.69) is 5.32 Å². The highest BCUT2D eigenvalue weighted by Crippen LogP contribution is 2.13. The third-order valence-electron chi connectivity index (χ3n) is 2.11. The Morgan fingerprint density at radius 1 is 1.11 bits per heavy atom. The molecule has 98 valence electrons. The molecule has 18 heavy (non-hydrogen) atoms. The molecule has 0 bridgehead atoms. The summed E-state index contributed by atoms with van der Waals surface area (Å²) in [6.45, 7) is 0.00354. The Labute approximate surface area is 100 Å². The van der Waals surface area contributed by atoms with Crippen molar-refractivity contribution in [2.45, 2.75) is 12.8 Å². The first-order chi connectivity index (χ1) is 8.41. The van der Waals surface area contributed by atoms with Crippen LogP contribution in [0.3, 0.4) is 0 Å². The van der Waals surface area contributed by atoms with Gasteiger partial charge >= 0.3 is 5.97 Å². The Balaban J connectivity index is 2.62. The van der Waals surface area contributed by atoms with Gasteiger partial charge in [0.2, 0.25) is 0 Å². The van der Waals surface area contributed by atoms with E-state index in [0.29, 0.717) is 6.07 Å². The van der Waals surface area contributed by atoms with Gasteiger partial charge in [0.1, 0.15) is 5.82 Å². The van der Waals surface area contributed by atoms with Crippen LogP contribution in [0.25, 0.3) is 0 Å². The van der Waals surface area contributed by atoms with E-state index in [4.69, 9.17) is 5.11 Å². The molecule has 0 radical (unpaired) electrons. The fourth-order valence-electron chi connectivity index (χ4n) is 1.23. The second-order valence-corrected chi connectivity index (χ2v) is 3.50. The highest BCUT2D eigenvalue weighted by atomic mass is 19.2. The molecule has 0 heterocycles. The van der Waals surface area contributed by atoms with Crippen LogP contribution >= 0.6 is 0 Å². The lowest BCUT2D eigenvalue weighted by Crippen LogP contribution is -2.26. The molecule has 0 atom stereocenters. The number of hydrogen-bond donors (Lipinski definition) is 2. The standard InChI is InChI=1S/C11H10F3NO3/c12-7-5-9(14)8(13)4-6(7)11(18)15-3-1-2-10(16)17/h4-5H,1-3H2,(H,15,18)(H,16,17). The summed E-state index contributed by atoms with van der Waals surface area (Å²) in [6, 6.07) is 0.735. The summed E-state index contributed by atoms with van der Waals surface area (Å²) < 4.78 is 38.6. The van der Waals surface area contributed by atoms with Gasteiger partial charge in [0.15, 0.2) is 11.6 Å². The maximum atomic E-state index is 13.2. The van der Waals surface area contributed by atoms with Crippen LogP contribution in [-0.4, -0.2) is 23.5 Å². The van der Waals surface area contributed by atoms with E-state index in [-0.39, 0.29) is 25.5 Å². The molecule has 0 aliphatic carbocycles. The zero-order valence-electron chi connectivity index (χ0n) is 9.17. The molecule has 0 spiro atoms. The lowest BCUT2D eigenvalue weighted by atomic mass is 10.2. The highest BCUT2D eigenvalue weighted by Gasteiger charge is 2.15. The zero-order chi connectivity index (χ0) is 13.7. The summed E-state index contributed by atoms with van der Waals surface area (Å²) >= 11 is 0. The van der Waals surface area contributed by atoms with Gasteiger partial charge in [-0.15, -0.1) is 0 Å². The van der Waals surface area contributed by atoms with Gasteiger partial charge in [0, 0.05) is 19.0 Å². The average molecular weight is 261 g/mol. The Bertz CT molecular complexity index is 477. The third kappa shape index (κ3) is 3.76. The van der Waals surface area contributed by atoms with Crippen molar-refractivity contribution in [1.29, 1.82) is 0 Å². The van der Waals surface area contributed by atoms with Crippen LogP contribution in [0.15, 0.2) is 12.1 Å². The van der Waals surface area contributed by atoms with E-state index in [1.807, 2.05) is 0 Å². The van der Waals surface area contributed by atoms with Crippen molar-refractivity contribution in [3.05, 3.63) is 35.1 Å². The van der Waals surface area contributed by atoms with E-state index in [0.717, 1.165) is 0 Å². The number of carbonyl (C=O) groups is 2. The first kappa shape index (κ1) is 14.0. The van der Waals surface area contributed by atoms with Crippen LogP contribution in [0.2, 0.25) is 0 Å². The van der Waals surface area contributed by atoms with Gasteiger partial charge in [0.25, 0.3) is 5.91 Å². The maximum Gasteiger partial charge on any atom is 0.303 e. The summed E-state index contributed by atoms with van der Waals surface area (Å²) in [4.78, 5) is 21.6. The molecule has 0 saturated heterocycles. The minimum atomic E-state index is -1.38. The van der Waals surface area contributed by atoms with E-state index in [1.165, 1.54) is 0 Å². The molecule has 0 unspecified atom stereocenters. The number of amides is 1. The molecular formula is C11H10F3NO3. The number of nitrogens with one attached hydrogen (secondary N) is 1. The van der Waals surface area contributed by atoms with E-state index < -0.39 is 34.9 Å². The number of carbonyl (C=O) groups excluding carboxylic acids is 1. The number of hydrogen-bond acceptors (Lipinski definition) is 2. The summed E-state index contributed by atoms with van der Waals surface area (Å²) in [5.74, 6) is -5.83. The number of benzene rings is 1. The third-order valence-corrected chi connectivity index (χ3v) is 2.11. The quantitative estimate of drug-likeness (QED) is 0.626. The lowest BCUT2D eigenvalue weighted by molar-refractivity contribution is -0.137. The van der Waals surface area contributed by atoms with Crippen molar-refractivity contribution in [3.63, 3.8) is 0 Å². The van der Waals surface area contributed by atoms with Crippen molar-refractivity contribution in [3.8, 4) is 0 Å². The summed E-state index contributed by atoms with van der Waals surface area (Å²) in [7, 11) is 0. The van der Waals surface area contributed by atoms with Gasteiger partial charge in [-0.25, -0.2) is 13.2 Å². The second-order valence-electron chi connectivity index (χ2n) is 3.50. The highest BCUT2D eigenvalue weighted by molar-refractivity contribution is 5.94. The van der Waals surface area contributed by atoms with Crippen molar-refractivity contribution in [2.75, 3.05) is 6.54 Å². The fraction of sp³-hybridized carbons (Fsp3) is 0.273. The molecule has 1 aromatic rings. The van der Waals surface area contributed by atoms with Crippen LogP contribution in [0, 0.1) is 17.5 Å². The molecule has 1 amide bonds. The van der Waals surface area contributed by atoms with Crippen LogP contribution in [0.5, 0.6) is 0 Å². The van der Waals surface area contributed by atoms with Crippen LogP contribution in [-0.2, 0) is 4.79 Å². The van der Waals surface area contributed by atoms with E-state index >= 15 is 0 Å². The van der Waals surface area contributed by atoms with Gasteiger partial charge in [-0.3, -0.25) is 9.59 Å². The van der Waals surface area contributed by atoms with E-state index in [9.17, 15) is 22.8 Å². The molecule has 0 aliphatic heterocycles.